The molecular weight excluding hydrogens is 336 g/mol. The van der Waals surface area contributed by atoms with E-state index in [0.29, 0.717) is 16.3 Å². The summed E-state index contributed by atoms with van der Waals surface area (Å²) in [5, 5.41) is 2.84. The van der Waals surface area contributed by atoms with Gasteiger partial charge in [0.2, 0.25) is 5.91 Å². The van der Waals surface area contributed by atoms with Gasteiger partial charge in [-0.2, -0.15) is 0 Å². The first kappa shape index (κ1) is 17.3. The van der Waals surface area contributed by atoms with E-state index in [1.54, 1.807) is 43.3 Å². The fourth-order valence-corrected chi connectivity index (χ4v) is 3.74. The second-order valence-electron chi connectivity index (χ2n) is 4.93. The molecule has 23 heavy (non-hydrogen) atoms. The van der Waals surface area contributed by atoms with Gasteiger partial charge in [-0.1, -0.05) is 35.9 Å². The molecule has 0 bridgehead atoms. The average Bonchev–Trinajstić information content (AvgIpc) is 2.55. The average molecular weight is 353 g/mol. The summed E-state index contributed by atoms with van der Waals surface area (Å²) in [5.74, 6) is -0.413. The number of sulfonamides is 1. The van der Waals surface area contributed by atoms with E-state index in [4.69, 9.17) is 11.6 Å². The van der Waals surface area contributed by atoms with Crippen molar-refractivity contribution in [2.24, 2.45) is 0 Å². The molecule has 0 radical (unpaired) electrons. The summed E-state index contributed by atoms with van der Waals surface area (Å²) in [6.45, 7) is 1.44. The third-order valence-corrected chi connectivity index (χ3v) is 5.35. The van der Waals surface area contributed by atoms with Gasteiger partial charge in [0.15, 0.2) is 0 Å². The number of halogens is 1. The van der Waals surface area contributed by atoms with Gasteiger partial charge in [0.05, 0.1) is 10.6 Å². The molecule has 0 aromatic heterocycles. The number of likely N-dealkylation sites (N-methyl/N-ethyl adjacent to an activating group) is 1. The Kier molecular flexibility index (Phi) is 5.28. The zero-order valence-electron chi connectivity index (χ0n) is 12.8. The van der Waals surface area contributed by atoms with Crippen LogP contribution in [0.1, 0.15) is 5.56 Å². The second-order valence-corrected chi connectivity index (χ2v) is 7.23. The molecule has 122 valence electrons. The fraction of sp³-hybridized carbons (Fsp3) is 0.188. The fourth-order valence-electron chi connectivity index (χ4n) is 2.08. The molecule has 2 rings (SSSR count). The van der Waals surface area contributed by atoms with E-state index < -0.39 is 15.9 Å². The van der Waals surface area contributed by atoms with Crippen molar-refractivity contribution in [2.45, 2.75) is 11.8 Å². The van der Waals surface area contributed by atoms with Crippen LogP contribution in [-0.2, 0) is 14.8 Å². The van der Waals surface area contributed by atoms with Crippen LogP contribution in [0, 0.1) is 6.92 Å². The number of nitrogens with one attached hydrogen (secondary N) is 1. The quantitative estimate of drug-likeness (QED) is 0.899. The number of amides is 1. The monoisotopic (exact) mass is 352 g/mol. The van der Waals surface area contributed by atoms with Crippen LogP contribution < -0.4 is 9.62 Å². The third kappa shape index (κ3) is 3.83. The van der Waals surface area contributed by atoms with Gasteiger partial charge in [0.25, 0.3) is 10.0 Å². The Morgan fingerprint density at radius 3 is 2.43 bits per heavy atom. The van der Waals surface area contributed by atoms with E-state index in [2.05, 4.69) is 5.32 Å². The highest BCUT2D eigenvalue weighted by molar-refractivity contribution is 7.92. The molecule has 2 aromatic rings. The lowest BCUT2D eigenvalue weighted by Gasteiger charge is -2.25. The molecule has 0 fully saturated rings. The van der Waals surface area contributed by atoms with Gasteiger partial charge in [0, 0.05) is 12.1 Å². The molecule has 0 aliphatic carbocycles. The number of aryl methyl sites for hydroxylation is 1. The Hall–Kier alpha value is -2.05. The van der Waals surface area contributed by atoms with Gasteiger partial charge >= 0.3 is 0 Å². The molecule has 0 saturated carbocycles. The lowest BCUT2D eigenvalue weighted by molar-refractivity contribution is -0.119. The molecule has 5 nitrogen and oxygen atoms in total. The number of carbonyl (C=O) groups is 1. The van der Waals surface area contributed by atoms with Crippen molar-refractivity contribution < 1.29 is 13.2 Å². The van der Waals surface area contributed by atoms with E-state index in [-0.39, 0.29) is 11.4 Å². The molecule has 0 heterocycles. The molecule has 2 aromatic carbocycles. The number of hydrogen-bond donors (Lipinski definition) is 1. The number of carbonyl (C=O) groups excluding carboxylic acids is 1. The minimum atomic E-state index is -3.88. The van der Waals surface area contributed by atoms with Crippen LogP contribution in [0.3, 0.4) is 0 Å². The summed E-state index contributed by atoms with van der Waals surface area (Å²) in [6.07, 6.45) is 0. The largest absolute Gasteiger partial charge is 0.358 e. The number of nitrogens with zero attached hydrogens (tertiary/aromatic N) is 1. The predicted molar refractivity (Wildman–Crippen MR) is 91.2 cm³/mol. The van der Waals surface area contributed by atoms with Crippen molar-refractivity contribution in [3.63, 3.8) is 0 Å². The molecular formula is C16H17ClN2O3S. The van der Waals surface area contributed by atoms with Gasteiger partial charge in [-0.15, -0.1) is 0 Å². The highest BCUT2D eigenvalue weighted by Crippen LogP contribution is 2.29. The first-order valence-electron chi connectivity index (χ1n) is 6.91. The molecule has 1 N–H and O–H groups in total. The maximum atomic E-state index is 13.0. The van der Waals surface area contributed by atoms with Gasteiger partial charge in [0.1, 0.15) is 6.54 Å². The third-order valence-electron chi connectivity index (χ3n) is 3.34. The van der Waals surface area contributed by atoms with Gasteiger partial charge in [-0.05, 0) is 36.8 Å². The molecule has 0 unspecified atom stereocenters. The standard InChI is InChI=1S/C16H17ClN2O3S/c1-12-8-9-13(17)10-15(12)19(11-16(20)18-2)23(21,22)14-6-4-3-5-7-14/h3-10H,11H2,1-2H3,(H,18,20). The highest BCUT2D eigenvalue weighted by Gasteiger charge is 2.28. The normalized spacial score (nSPS) is 11.1. The first-order valence-corrected chi connectivity index (χ1v) is 8.72. The minimum absolute atomic E-state index is 0.114. The lowest BCUT2D eigenvalue weighted by Crippen LogP contribution is -2.40. The molecule has 0 spiro atoms. The molecule has 1 amide bonds. The SMILES string of the molecule is CNC(=O)CN(c1cc(Cl)ccc1C)S(=O)(=O)c1ccccc1. The summed E-state index contributed by atoms with van der Waals surface area (Å²) in [4.78, 5) is 11.9. The van der Waals surface area contributed by atoms with E-state index in [1.807, 2.05) is 0 Å². The lowest BCUT2D eigenvalue weighted by atomic mass is 10.2. The second kappa shape index (κ2) is 7.02. The summed E-state index contributed by atoms with van der Waals surface area (Å²) >= 11 is 6.01. The van der Waals surface area contributed by atoms with Crippen LogP contribution in [0.25, 0.3) is 0 Å². The Bertz CT molecular complexity index is 807. The van der Waals surface area contributed by atoms with Crippen LogP contribution in [0.2, 0.25) is 5.02 Å². The van der Waals surface area contributed by atoms with Crippen LogP contribution in [0.5, 0.6) is 0 Å². The number of benzene rings is 2. The topological polar surface area (TPSA) is 66.5 Å². The first-order chi connectivity index (χ1) is 10.9. The predicted octanol–water partition coefficient (Wildman–Crippen LogP) is 2.59. The van der Waals surface area contributed by atoms with E-state index in [0.717, 1.165) is 4.31 Å². The zero-order valence-corrected chi connectivity index (χ0v) is 14.4. The van der Waals surface area contributed by atoms with Crippen LogP contribution >= 0.6 is 11.6 Å². The molecule has 0 aliphatic rings. The smallest absolute Gasteiger partial charge is 0.264 e. The Morgan fingerprint density at radius 1 is 1.17 bits per heavy atom. The Balaban J connectivity index is 2.59. The van der Waals surface area contributed by atoms with Gasteiger partial charge in [-0.3, -0.25) is 9.10 Å². The number of hydrogen-bond acceptors (Lipinski definition) is 3. The van der Waals surface area contributed by atoms with Crippen molar-refractivity contribution in [3.05, 3.63) is 59.1 Å². The van der Waals surface area contributed by atoms with Crippen molar-refractivity contribution in [1.29, 1.82) is 0 Å². The summed E-state index contributed by atoms with van der Waals surface area (Å²) in [6, 6.07) is 12.9. The summed E-state index contributed by atoms with van der Waals surface area (Å²) in [5.41, 5.74) is 1.09. The number of rotatable bonds is 5. The van der Waals surface area contributed by atoms with E-state index >= 15 is 0 Å². The maximum absolute atomic E-state index is 13.0. The van der Waals surface area contributed by atoms with E-state index in [9.17, 15) is 13.2 Å². The minimum Gasteiger partial charge on any atom is -0.358 e. The van der Waals surface area contributed by atoms with E-state index in [1.165, 1.54) is 19.2 Å². The molecule has 0 saturated heterocycles. The zero-order chi connectivity index (χ0) is 17.0. The summed E-state index contributed by atoms with van der Waals surface area (Å²) < 4.78 is 27.0. The van der Waals surface area contributed by atoms with Gasteiger partial charge < -0.3 is 5.32 Å². The van der Waals surface area contributed by atoms with Crippen LogP contribution in [0.4, 0.5) is 5.69 Å². The molecule has 0 aliphatic heterocycles. The Labute approximate surface area is 140 Å². The van der Waals surface area contributed by atoms with Crippen molar-refractivity contribution in [2.75, 3.05) is 17.9 Å². The molecule has 0 atom stereocenters. The van der Waals surface area contributed by atoms with Crippen molar-refractivity contribution >= 4 is 33.2 Å². The van der Waals surface area contributed by atoms with Crippen LogP contribution in [0.15, 0.2) is 53.4 Å². The van der Waals surface area contributed by atoms with Crippen molar-refractivity contribution in [3.8, 4) is 0 Å². The van der Waals surface area contributed by atoms with Gasteiger partial charge in [-0.25, -0.2) is 8.42 Å². The Morgan fingerprint density at radius 2 is 1.83 bits per heavy atom. The maximum Gasteiger partial charge on any atom is 0.264 e. The van der Waals surface area contributed by atoms with Crippen molar-refractivity contribution in [1.82, 2.24) is 5.32 Å². The van der Waals surface area contributed by atoms with Crippen LogP contribution in [-0.4, -0.2) is 27.9 Å². The highest BCUT2D eigenvalue weighted by atomic mass is 35.5. The molecule has 7 heteroatoms. The summed E-state index contributed by atoms with van der Waals surface area (Å²) in [7, 11) is -2.43. The number of anilines is 1.